The van der Waals surface area contributed by atoms with Crippen molar-refractivity contribution in [2.75, 3.05) is 60.6 Å². The molecular weight excluding hydrogens is 606 g/mol. The van der Waals surface area contributed by atoms with Gasteiger partial charge in [0, 0.05) is 32.7 Å². The number of nitro groups is 1. The Bertz CT molecular complexity index is 1700. The standard InChI is InChI=1S/C39H45N3O6/c1-6-34(29-11-8-7-9-12-29)39(30-15-17-32(18-16-30)47-24-23-41-21-19-40(3)20-22-41)31-13-10-14-33(25-31)48-28(2)35-26-37(45-4)38(46-5)27-36(35)42(43)44/h7-18,25-28H,6,19-24H2,1-5H3/b39-34+. The van der Waals surface area contributed by atoms with E-state index in [2.05, 4.69) is 66.2 Å². The maximum absolute atomic E-state index is 12.0. The van der Waals surface area contributed by atoms with E-state index in [0.29, 0.717) is 23.7 Å². The zero-order valence-corrected chi connectivity index (χ0v) is 28.5. The van der Waals surface area contributed by atoms with Gasteiger partial charge in [-0.15, -0.1) is 0 Å². The van der Waals surface area contributed by atoms with E-state index in [1.54, 1.807) is 13.0 Å². The van der Waals surface area contributed by atoms with Gasteiger partial charge in [-0.05, 0) is 78.6 Å². The lowest BCUT2D eigenvalue weighted by Crippen LogP contribution is -2.45. The third-order valence-electron chi connectivity index (χ3n) is 8.80. The Morgan fingerprint density at radius 2 is 1.48 bits per heavy atom. The number of allylic oxidation sites excluding steroid dienone is 1. The SMILES string of the molecule is CC/C(=C(/c1ccc(OCCN2CCN(C)CC2)cc1)c1cccc(OC(C)c2cc(OC)c(OC)cc2[N+](=O)[O-])c1)c1ccccc1. The average molecular weight is 652 g/mol. The molecule has 0 spiro atoms. The molecule has 1 aliphatic rings. The summed E-state index contributed by atoms with van der Waals surface area (Å²) in [6.45, 7) is 9.83. The van der Waals surface area contributed by atoms with Gasteiger partial charge in [0.2, 0.25) is 0 Å². The third-order valence-corrected chi connectivity index (χ3v) is 8.80. The molecule has 0 aromatic heterocycles. The molecule has 1 heterocycles. The van der Waals surface area contributed by atoms with Crippen LogP contribution in [0.5, 0.6) is 23.0 Å². The second kappa shape index (κ2) is 16.3. The van der Waals surface area contributed by atoms with Crippen LogP contribution in [0.4, 0.5) is 5.69 Å². The molecule has 1 saturated heterocycles. The zero-order chi connectivity index (χ0) is 34.0. The molecule has 0 saturated carbocycles. The highest BCUT2D eigenvalue weighted by atomic mass is 16.6. The smallest absolute Gasteiger partial charge is 0.280 e. The predicted molar refractivity (Wildman–Crippen MR) is 190 cm³/mol. The fourth-order valence-electron chi connectivity index (χ4n) is 6.12. The summed E-state index contributed by atoms with van der Waals surface area (Å²) in [7, 11) is 5.12. The number of rotatable bonds is 14. The van der Waals surface area contributed by atoms with Crippen LogP contribution < -0.4 is 18.9 Å². The molecule has 0 N–H and O–H groups in total. The third kappa shape index (κ3) is 8.34. The van der Waals surface area contributed by atoms with Crippen LogP contribution in [0.15, 0.2) is 91.0 Å². The molecule has 1 aliphatic heterocycles. The van der Waals surface area contributed by atoms with E-state index < -0.39 is 11.0 Å². The zero-order valence-electron chi connectivity index (χ0n) is 28.5. The highest BCUT2D eigenvalue weighted by Crippen LogP contribution is 2.40. The Morgan fingerprint density at radius 3 is 2.12 bits per heavy atom. The fourth-order valence-corrected chi connectivity index (χ4v) is 6.12. The number of piperazine rings is 1. The summed E-state index contributed by atoms with van der Waals surface area (Å²) in [5, 5.41) is 12.0. The van der Waals surface area contributed by atoms with Crippen molar-refractivity contribution < 1.29 is 23.9 Å². The normalized spacial score (nSPS) is 14.9. The summed E-state index contributed by atoms with van der Waals surface area (Å²) in [5.74, 6) is 2.12. The summed E-state index contributed by atoms with van der Waals surface area (Å²) < 4.78 is 23.3. The summed E-state index contributed by atoms with van der Waals surface area (Å²) in [4.78, 5) is 16.4. The van der Waals surface area contributed by atoms with Crippen molar-refractivity contribution in [1.29, 1.82) is 0 Å². The maximum atomic E-state index is 12.0. The van der Waals surface area contributed by atoms with Gasteiger partial charge in [-0.25, -0.2) is 0 Å². The van der Waals surface area contributed by atoms with Crippen LogP contribution in [0.2, 0.25) is 0 Å². The van der Waals surface area contributed by atoms with E-state index in [-0.39, 0.29) is 11.4 Å². The molecule has 252 valence electrons. The van der Waals surface area contributed by atoms with Crippen LogP contribution in [0, 0.1) is 10.1 Å². The molecule has 1 fully saturated rings. The van der Waals surface area contributed by atoms with Gasteiger partial charge in [-0.2, -0.15) is 0 Å². The molecule has 9 heteroatoms. The van der Waals surface area contributed by atoms with Crippen molar-refractivity contribution in [3.8, 4) is 23.0 Å². The molecule has 5 rings (SSSR count). The van der Waals surface area contributed by atoms with E-state index in [9.17, 15) is 10.1 Å². The van der Waals surface area contributed by atoms with Gasteiger partial charge in [0.1, 0.15) is 24.2 Å². The minimum Gasteiger partial charge on any atom is -0.493 e. The van der Waals surface area contributed by atoms with Crippen molar-refractivity contribution in [2.45, 2.75) is 26.4 Å². The molecule has 9 nitrogen and oxygen atoms in total. The van der Waals surface area contributed by atoms with E-state index >= 15 is 0 Å². The lowest BCUT2D eigenvalue weighted by Gasteiger charge is -2.32. The first-order valence-corrected chi connectivity index (χ1v) is 16.4. The number of hydrogen-bond donors (Lipinski definition) is 0. The molecular formula is C39H45N3O6. The van der Waals surface area contributed by atoms with Crippen molar-refractivity contribution in [3.05, 3.63) is 123 Å². The highest BCUT2D eigenvalue weighted by molar-refractivity contribution is 5.98. The molecule has 0 radical (unpaired) electrons. The van der Waals surface area contributed by atoms with Gasteiger partial charge in [0.25, 0.3) is 5.69 Å². The number of ether oxygens (including phenoxy) is 4. The van der Waals surface area contributed by atoms with Gasteiger partial charge >= 0.3 is 0 Å². The maximum Gasteiger partial charge on any atom is 0.280 e. The molecule has 4 aromatic rings. The Labute approximate surface area is 283 Å². The van der Waals surface area contributed by atoms with Gasteiger partial charge in [0.15, 0.2) is 11.5 Å². The van der Waals surface area contributed by atoms with Crippen molar-refractivity contribution in [2.24, 2.45) is 0 Å². The Balaban J connectivity index is 1.44. The summed E-state index contributed by atoms with van der Waals surface area (Å²) in [6, 6.07) is 29.6. The molecule has 0 aliphatic carbocycles. The lowest BCUT2D eigenvalue weighted by atomic mass is 9.88. The molecule has 0 bridgehead atoms. The predicted octanol–water partition coefficient (Wildman–Crippen LogP) is 7.75. The minimum absolute atomic E-state index is 0.0972. The van der Waals surface area contributed by atoms with E-state index in [1.807, 2.05) is 36.4 Å². The first kappa shape index (κ1) is 34.5. The van der Waals surface area contributed by atoms with E-state index in [4.69, 9.17) is 18.9 Å². The van der Waals surface area contributed by atoms with Crippen molar-refractivity contribution in [3.63, 3.8) is 0 Å². The Morgan fingerprint density at radius 1 is 0.812 bits per heavy atom. The average Bonchev–Trinajstić information content (AvgIpc) is 3.11. The highest BCUT2D eigenvalue weighted by Gasteiger charge is 2.25. The fraction of sp³-hybridized carbons (Fsp3) is 0.333. The lowest BCUT2D eigenvalue weighted by molar-refractivity contribution is -0.386. The molecule has 48 heavy (non-hydrogen) atoms. The van der Waals surface area contributed by atoms with Crippen molar-refractivity contribution >= 4 is 16.8 Å². The largest absolute Gasteiger partial charge is 0.493 e. The number of hydrogen-bond acceptors (Lipinski definition) is 8. The van der Waals surface area contributed by atoms with Crippen LogP contribution >= 0.6 is 0 Å². The first-order chi connectivity index (χ1) is 23.3. The Hall–Kier alpha value is -4.86. The topological polar surface area (TPSA) is 86.5 Å². The second-order valence-electron chi connectivity index (χ2n) is 11.9. The molecule has 1 atom stereocenters. The molecule has 4 aromatic carbocycles. The van der Waals surface area contributed by atoms with E-state index in [0.717, 1.165) is 67.2 Å². The van der Waals surface area contributed by atoms with Gasteiger partial charge in [-0.1, -0.05) is 61.5 Å². The number of likely N-dealkylation sites (N-methyl/N-ethyl adjacent to an activating group) is 1. The summed E-state index contributed by atoms with van der Waals surface area (Å²) >= 11 is 0. The second-order valence-corrected chi connectivity index (χ2v) is 11.9. The Kier molecular flexibility index (Phi) is 11.7. The summed E-state index contributed by atoms with van der Waals surface area (Å²) in [5.41, 5.74) is 5.75. The first-order valence-electron chi connectivity index (χ1n) is 16.4. The van der Waals surface area contributed by atoms with Crippen molar-refractivity contribution in [1.82, 2.24) is 9.80 Å². The molecule has 1 unspecified atom stereocenters. The number of nitrogens with zero attached hydrogens (tertiary/aromatic N) is 3. The number of methoxy groups -OCH3 is 2. The van der Waals surface area contributed by atoms with Crippen LogP contribution in [0.3, 0.4) is 0 Å². The van der Waals surface area contributed by atoms with Crippen LogP contribution in [0.1, 0.15) is 48.6 Å². The van der Waals surface area contributed by atoms with Gasteiger partial charge < -0.3 is 23.8 Å². The number of benzene rings is 4. The number of nitro benzene ring substituents is 1. The van der Waals surface area contributed by atoms with Gasteiger partial charge in [-0.3, -0.25) is 15.0 Å². The quantitative estimate of drug-likeness (QED) is 0.0778. The van der Waals surface area contributed by atoms with Crippen LogP contribution in [0.25, 0.3) is 11.1 Å². The summed E-state index contributed by atoms with van der Waals surface area (Å²) in [6.07, 6.45) is 0.164. The monoisotopic (exact) mass is 651 g/mol. The van der Waals surface area contributed by atoms with Crippen LogP contribution in [-0.4, -0.2) is 75.3 Å². The minimum atomic E-state index is -0.644. The van der Waals surface area contributed by atoms with Gasteiger partial charge in [0.05, 0.1) is 30.8 Å². The van der Waals surface area contributed by atoms with E-state index in [1.165, 1.54) is 25.9 Å². The van der Waals surface area contributed by atoms with Crippen LogP contribution in [-0.2, 0) is 0 Å². The molecule has 0 amide bonds.